The summed E-state index contributed by atoms with van der Waals surface area (Å²) >= 11 is 0. The van der Waals surface area contributed by atoms with Gasteiger partial charge in [0, 0.05) is 33.3 Å². The Morgan fingerprint density at radius 1 is 1.16 bits per heavy atom. The summed E-state index contributed by atoms with van der Waals surface area (Å²) in [4.78, 5) is 39.3. The molecular weight excluding hydrogens is 410 g/mol. The van der Waals surface area contributed by atoms with E-state index in [1.165, 1.54) is 20.0 Å². The average molecular weight is 429 g/mol. The van der Waals surface area contributed by atoms with Gasteiger partial charge in [-0.05, 0) is 31.2 Å². The van der Waals surface area contributed by atoms with Gasteiger partial charge in [-0.3, -0.25) is 19.3 Å². The molecule has 0 fully saturated rings. The van der Waals surface area contributed by atoms with Crippen molar-refractivity contribution < 1.29 is 14.4 Å². The molecule has 0 saturated carbocycles. The lowest BCUT2D eigenvalue weighted by molar-refractivity contribution is -0.114. The van der Waals surface area contributed by atoms with E-state index in [1.807, 2.05) is 31.0 Å². The SMILES string of the molecule is CCN(C)c1ccc(N=Nc2c(C#N)cc3c(c2C#N)C(=O)N(C)C3=O)c(NC(C)=O)c1. The quantitative estimate of drug-likeness (QED) is 0.569. The molecule has 1 aliphatic heterocycles. The summed E-state index contributed by atoms with van der Waals surface area (Å²) in [5, 5.41) is 30.1. The molecule has 1 aliphatic rings. The van der Waals surface area contributed by atoms with E-state index in [0.717, 1.165) is 17.1 Å². The number of benzene rings is 2. The van der Waals surface area contributed by atoms with Gasteiger partial charge in [0.2, 0.25) is 5.91 Å². The molecule has 32 heavy (non-hydrogen) atoms. The van der Waals surface area contributed by atoms with Gasteiger partial charge in [0.25, 0.3) is 11.8 Å². The predicted octanol–water partition coefficient (Wildman–Crippen LogP) is 3.49. The zero-order chi connectivity index (χ0) is 23.6. The summed E-state index contributed by atoms with van der Waals surface area (Å²) in [6.45, 7) is 4.09. The summed E-state index contributed by atoms with van der Waals surface area (Å²) in [6.07, 6.45) is 0. The van der Waals surface area contributed by atoms with Gasteiger partial charge in [0.15, 0.2) is 0 Å². The molecule has 0 unspecified atom stereocenters. The maximum absolute atomic E-state index is 12.5. The number of anilines is 2. The number of carbonyl (C=O) groups excluding carboxylic acids is 3. The van der Waals surface area contributed by atoms with Crippen LogP contribution >= 0.6 is 0 Å². The molecule has 2 aromatic carbocycles. The van der Waals surface area contributed by atoms with Crippen LogP contribution in [0.15, 0.2) is 34.5 Å². The van der Waals surface area contributed by atoms with Crippen molar-refractivity contribution in [3.63, 3.8) is 0 Å². The van der Waals surface area contributed by atoms with Crippen LogP contribution in [0.4, 0.5) is 22.7 Å². The number of carbonyl (C=O) groups is 3. The molecule has 0 aromatic heterocycles. The van der Waals surface area contributed by atoms with Gasteiger partial charge in [-0.1, -0.05) is 0 Å². The van der Waals surface area contributed by atoms with Crippen molar-refractivity contribution in [2.24, 2.45) is 10.2 Å². The molecule has 0 aliphatic carbocycles. The predicted molar refractivity (Wildman–Crippen MR) is 116 cm³/mol. The molecule has 2 aromatic rings. The van der Waals surface area contributed by atoms with Crippen LogP contribution in [-0.2, 0) is 4.79 Å². The fourth-order valence-electron chi connectivity index (χ4n) is 3.23. The molecule has 0 saturated heterocycles. The van der Waals surface area contributed by atoms with Crippen LogP contribution in [0.1, 0.15) is 45.7 Å². The molecule has 160 valence electrons. The van der Waals surface area contributed by atoms with E-state index in [1.54, 1.807) is 18.2 Å². The number of nitriles is 2. The standard InChI is InChI=1S/C22H19N7O3/c1-5-28(3)14-6-7-17(18(9-14)25-12(2)30)26-27-20-13(10-23)8-15-19(16(20)11-24)22(32)29(4)21(15)31/h6-9H,5H2,1-4H3,(H,25,30). The number of fused-ring (bicyclic) bond motifs is 1. The van der Waals surface area contributed by atoms with E-state index in [-0.39, 0.29) is 33.8 Å². The highest BCUT2D eigenvalue weighted by molar-refractivity contribution is 6.23. The number of nitrogens with zero attached hydrogens (tertiary/aromatic N) is 6. The van der Waals surface area contributed by atoms with E-state index >= 15 is 0 Å². The third-order valence-corrected chi connectivity index (χ3v) is 5.05. The highest BCUT2D eigenvalue weighted by atomic mass is 16.2. The molecule has 3 rings (SSSR count). The first kappa shape index (κ1) is 22.1. The summed E-state index contributed by atoms with van der Waals surface area (Å²) in [7, 11) is 3.19. The first-order valence-electron chi connectivity index (χ1n) is 9.61. The van der Waals surface area contributed by atoms with Crippen molar-refractivity contribution in [3.05, 3.63) is 46.5 Å². The van der Waals surface area contributed by atoms with E-state index in [9.17, 15) is 24.9 Å². The first-order valence-corrected chi connectivity index (χ1v) is 9.61. The minimum absolute atomic E-state index is 0.0181. The van der Waals surface area contributed by atoms with Crippen molar-refractivity contribution in [1.82, 2.24) is 4.90 Å². The second-order valence-corrected chi connectivity index (χ2v) is 7.06. The molecule has 3 amide bonds. The number of nitrogens with one attached hydrogen (secondary N) is 1. The summed E-state index contributed by atoms with van der Waals surface area (Å²) in [5.74, 6) is -1.55. The van der Waals surface area contributed by atoms with Crippen molar-refractivity contribution >= 4 is 40.5 Å². The van der Waals surface area contributed by atoms with Crippen LogP contribution in [0.2, 0.25) is 0 Å². The third-order valence-electron chi connectivity index (χ3n) is 5.05. The van der Waals surface area contributed by atoms with Crippen molar-refractivity contribution in [3.8, 4) is 12.1 Å². The van der Waals surface area contributed by atoms with Gasteiger partial charge in [0.1, 0.15) is 23.5 Å². The number of hydrogen-bond donors (Lipinski definition) is 1. The maximum Gasteiger partial charge on any atom is 0.262 e. The zero-order valence-electron chi connectivity index (χ0n) is 17.9. The van der Waals surface area contributed by atoms with Crippen molar-refractivity contribution in [2.75, 3.05) is 30.9 Å². The molecule has 1 heterocycles. The van der Waals surface area contributed by atoms with Crippen LogP contribution in [0.3, 0.4) is 0 Å². The van der Waals surface area contributed by atoms with E-state index in [2.05, 4.69) is 15.5 Å². The van der Waals surface area contributed by atoms with Crippen LogP contribution in [-0.4, -0.2) is 43.3 Å². The van der Waals surface area contributed by atoms with E-state index in [0.29, 0.717) is 11.4 Å². The van der Waals surface area contributed by atoms with Crippen molar-refractivity contribution in [2.45, 2.75) is 13.8 Å². The second kappa shape index (κ2) is 8.66. The van der Waals surface area contributed by atoms with Gasteiger partial charge in [-0.25, -0.2) is 0 Å². The Labute approximate surface area is 184 Å². The van der Waals surface area contributed by atoms with E-state index in [4.69, 9.17) is 0 Å². The number of azo groups is 1. The Balaban J connectivity index is 2.16. The van der Waals surface area contributed by atoms with Gasteiger partial charge < -0.3 is 10.2 Å². The topological polar surface area (TPSA) is 142 Å². The molecule has 1 N–H and O–H groups in total. The van der Waals surface area contributed by atoms with Gasteiger partial charge in [-0.15, -0.1) is 10.2 Å². The maximum atomic E-state index is 12.5. The Morgan fingerprint density at radius 3 is 2.47 bits per heavy atom. The van der Waals surface area contributed by atoms with E-state index < -0.39 is 11.8 Å². The number of amides is 3. The summed E-state index contributed by atoms with van der Waals surface area (Å²) in [5.41, 5.74) is 1.02. The van der Waals surface area contributed by atoms with Crippen LogP contribution < -0.4 is 10.2 Å². The number of hydrogen-bond acceptors (Lipinski definition) is 8. The van der Waals surface area contributed by atoms with Gasteiger partial charge >= 0.3 is 0 Å². The normalized spacial score (nSPS) is 12.5. The lowest BCUT2D eigenvalue weighted by atomic mass is 9.97. The van der Waals surface area contributed by atoms with Crippen LogP contribution in [0.5, 0.6) is 0 Å². The minimum atomic E-state index is -0.645. The molecule has 0 bridgehead atoms. The monoisotopic (exact) mass is 429 g/mol. The van der Waals surface area contributed by atoms with Crippen LogP contribution in [0.25, 0.3) is 0 Å². The molecule has 10 heteroatoms. The fourth-order valence-corrected chi connectivity index (χ4v) is 3.23. The summed E-state index contributed by atoms with van der Waals surface area (Å²) in [6, 6.07) is 10.2. The smallest absolute Gasteiger partial charge is 0.262 e. The second-order valence-electron chi connectivity index (χ2n) is 7.06. The lowest BCUT2D eigenvalue weighted by Gasteiger charge is -2.18. The number of imide groups is 1. The Bertz CT molecular complexity index is 1270. The van der Waals surface area contributed by atoms with Crippen LogP contribution in [0, 0.1) is 22.7 Å². The largest absolute Gasteiger partial charge is 0.375 e. The van der Waals surface area contributed by atoms with Crippen molar-refractivity contribution in [1.29, 1.82) is 10.5 Å². The Hall–Kier alpha value is -4.57. The Kier molecular flexibility index (Phi) is 5.99. The summed E-state index contributed by atoms with van der Waals surface area (Å²) < 4.78 is 0. The fraction of sp³-hybridized carbons (Fsp3) is 0.227. The molecular formula is C22H19N7O3. The molecule has 0 radical (unpaired) electrons. The zero-order valence-corrected chi connectivity index (χ0v) is 17.9. The lowest BCUT2D eigenvalue weighted by Crippen LogP contribution is -2.24. The first-order chi connectivity index (χ1) is 15.2. The van der Waals surface area contributed by atoms with Gasteiger partial charge in [-0.2, -0.15) is 10.5 Å². The average Bonchev–Trinajstić information content (AvgIpc) is 2.99. The minimum Gasteiger partial charge on any atom is -0.375 e. The van der Waals surface area contributed by atoms with Gasteiger partial charge in [0.05, 0.1) is 27.9 Å². The molecule has 0 atom stereocenters. The number of rotatable bonds is 5. The highest BCUT2D eigenvalue weighted by Crippen LogP contribution is 2.37. The third kappa shape index (κ3) is 3.77. The highest BCUT2D eigenvalue weighted by Gasteiger charge is 2.37. The Morgan fingerprint density at radius 2 is 1.88 bits per heavy atom. The molecule has 10 nitrogen and oxygen atoms in total. The molecule has 0 spiro atoms.